The number of carboxylic acid groups (broad SMARTS) is 1. The van der Waals surface area contributed by atoms with Crippen molar-refractivity contribution in [2.75, 3.05) is 6.61 Å². The van der Waals surface area contributed by atoms with Gasteiger partial charge in [-0.15, -0.1) is 0 Å². The lowest BCUT2D eigenvalue weighted by atomic mass is 10.3. The highest BCUT2D eigenvalue weighted by molar-refractivity contribution is 7.77. The quantitative estimate of drug-likeness (QED) is 0.461. The van der Waals surface area contributed by atoms with Gasteiger partial charge in [-0.05, 0) is 6.42 Å². The SMILES string of the molecule is O=C(O)CCCOC(=O)NS(=O)[O-]. The van der Waals surface area contributed by atoms with Gasteiger partial charge in [0.1, 0.15) is 0 Å². The van der Waals surface area contributed by atoms with E-state index in [-0.39, 0.29) is 19.4 Å². The van der Waals surface area contributed by atoms with Crippen LogP contribution in [0, 0.1) is 0 Å². The van der Waals surface area contributed by atoms with Crippen molar-refractivity contribution in [3.05, 3.63) is 0 Å². The van der Waals surface area contributed by atoms with Gasteiger partial charge >= 0.3 is 12.1 Å². The minimum Gasteiger partial charge on any atom is -0.755 e. The Bertz CT molecular complexity index is 217. The zero-order valence-corrected chi connectivity index (χ0v) is 7.33. The largest absolute Gasteiger partial charge is 0.755 e. The summed E-state index contributed by atoms with van der Waals surface area (Å²) in [4.78, 5) is 20.4. The topological polar surface area (TPSA) is 116 Å². The van der Waals surface area contributed by atoms with Crippen LogP contribution in [-0.2, 0) is 20.8 Å². The molecule has 0 heterocycles. The van der Waals surface area contributed by atoms with Crippen LogP contribution < -0.4 is 4.72 Å². The van der Waals surface area contributed by atoms with Crippen molar-refractivity contribution in [2.45, 2.75) is 12.8 Å². The molecule has 0 fully saturated rings. The van der Waals surface area contributed by atoms with E-state index < -0.39 is 23.3 Å². The third-order valence-electron chi connectivity index (χ3n) is 0.935. The molecular weight excluding hydrogens is 202 g/mol. The third-order valence-corrected chi connectivity index (χ3v) is 1.27. The molecule has 0 aliphatic carbocycles. The summed E-state index contributed by atoms with van der Waals surface area (Å²) in [6.45, 7) is -0.130. The molecule has 8 heteroatoms. The van der Waals surface area contributed by atoms with Gasteiger partial charge in [-0.2, -0.15) is 0 Å². The normalized spacial score (nSPS) is 11.8. The summed E-state index contributed by atoms with van der Waals surface area (Å²) < 4.78 is 25.4. The maximum absolute atomic E-state index is 10.4. The average molecular weight is 210 g/mol. The lowest BCUT2D eigenvalue weighted by molar-refractivity contribution is -0.137. The number of hydrogen-bond donors (Lipinski definition) is 2. The van der Waals surface area contributed by atoms with Gasteiger partial charge in [0.25, 0.3) is 0 Å². The van der Waals surface area contributed by atoms with Gasteiger partial charge in [0.15, 0.2) is 0 Å². The summed E-state index contributed by atoms with van der Waals surface area (Å²) in [5, 5.41) is 8.17. The van der Waals surface area contributed by atoms with Gasteiger partial charge in [-0.25, -0.2) is 4.79 Å². The van der Waals surface area contributed by atoms with E-state index in [1.54, 1.807) is 0 Å². The van der Waals surface area contributed by atoms with Crippen molar-refractivity contribution >= 4 is 23.3 Å². The number of ether oxygens (including phenoxy) is 1. The van der Waals surface area contributed by atoms with Gasteiger partial charge in [-0.1, -0.05) is 0 Å². The van der Waals surface area contributed by atoms with Crippen LogP contribution in [0.4, 0.5) is 4.79 Å². The number of rotatable bonds is 5. The molecule has 0 aliphatic rings. The molecule has 0 radical (unpaired) electrons. The Morgan fingerprint density at radius 2 is 2.15 bits per heavy atom. The monoisotopic (exact) mass is 210 g/mol. The molecule has 1 atom stereocenters. The number of carboxylic acids is 1. The fourth-order valence-corrected chi connectivity index (χ4v) is 0.681. The molecule has 0 aromatic rings. The summed E-state index contributed by atoms with van der Waals surface area (Å²) >= 11 is -2.70. The first-order valence-corrected chi connectivity index (χ1v) is 4.34. The number of amides is 1. The van der Waals surface area contributed by atoms with E-state index in [4.69, 9.17) is 5.11 Å². The molecule has 0 spiro atoms. The van der Waals surface area contributed by atoms with Crippen molar-refractivity contribution in [1.29, 1.82) is 0 Å². The molecule has 0 aliphatic heterocycles. The van der Waals surface area contributed by atoms with Crippen LogP contribution in [0.3, 0.4) is 0 Å². The number of hydrogen-bond acceptors (Lipinski definition) is 5. The second-order valence-electron chi connectivity index (χ2n) is 1.97. The summed E-state index contributed by atoms with van der Waals surface area (Å²) in [6, 6.07) is 0. The van der Waals surface area contributed by atoms with Crippen molar-refractivity contribution in [3.8, 4) is 0 Å². The summed E-state index contributed by atoms with van der Waals surface area (Å²) in [5.41, 5.74) is 0. The maximum atomic E-state index is 10.4. The van der Waals surface area contributed by atoms with Gasteiger partial charge in [-0.3, -0.25) is 13.7 Å². The Morgan fingerprint density at radius 1 is 1.54 bits per heavy atom. The standard InChI is InChI=1S/C5H9NO6S/c7-4(8)2-1-3-12-5(9)6-13(10)11/h1-3H2,(H,6,9)(H,7,8)(H,10,11)/p-1. The second kappa shape index (κ2) is 6.38. The Hall–Kier alpha value is -1.15. The van der Waals surface area contributed by atoms with E-state index in [0.717, 1.165) is 0 Å². The highest BCUT2D eigenvalue weighted by atomic mass is 32.2. The molecule has 0 bridgehead atoms. The number of carbonyl (C=O) groups excluding carboxylic acids is 1. The van der Waals surface area contributed by atoms with Crippen LogP contribution in [0.25, 0.3) is 0 Å². The zero-order chi connectivity index (χ0) is 10.3. The highest BCUT2D eigenvalue weighted by Crippen LogP contribution is 1.90. The Labute approximate surface area is 76.5 Å². The molecule has 0 saturated heterocycles. The average Bonchev–Trinajstić information content (AvgIpc) is 1.96. The molecule has 13 heavy (non-hydrogen) atoms. The smallest absolute Gasteiger partial charge is 0.418 e. The molecule has 0 aromatic carbocycles. The Morgan fingerprint density at radius 3 is 2.62 bits per heavy atom. The van der Waals surface area contributed by atoms with Gasteiger partial charge in [0.2, 0.25) is 0 Å². The van der Waals surface area contributed by atoms with E-state index in [1.807, 2.05) is 0 Å². The fourth-order valence-electron chi connectivity index (χ4n) is 0.486. The number of aliphatic carboxylic acids is 1. The van der Waals surface area contributed by atoms with Gasteiger partial charge < -0.3 is 14.4 Å². The molecule has 2 N–H and O–H groups in total. The minimum absolute atomic E-state index is 0.130. The highest BCUT2D eigenvalue weighted by Gasteiger charge is 2.01. The molecule has 1 amide bonds. The minimum atomic E-state index is -2.70. The van der Waals surface area contributed by atoms with Crippen LogP contribution in [0.2, 0.25) is 0 Å². The summed E-state index contributed by atoms with van der Waals surface area (Å²) in [6.07, 6.45) is -1.10. The summed E-state index contributed by atoms with van der Waals surface area (Å²) in [7, 11) is 0. The lowest BCUT2D eigenvalue weighted by Gasteiger charge is -2.07. The van der Waals surface area contributed by atoms with Crippen LogP contribution in [0.15, 0.2) is 0 Å². The number of nitrogens with one attached hydrogen (secondary N) is 1. The molecule has 0 aromatic heterocycles. The molecule has 76 valence electrons. The van der Waals surface area contributed by atoms with E-state index in [9.17, 15) is 18.4 Å². The molecule has 0 rings (SSSR count). The van der Waals surface area contributed by atoms with E-state index in [0.29, 0.717) is 0 Å². The first-order valence-electron chi connectivity index (χ1n) is 3.27. The van der Waals surface area contributed by atoms with Gasteiger partial charge in [0.05, 0.1) is 6.61 Å². The van der Waals surface area contributed by atoms with Crippen LogP contribution in [0.1, 0.15) is 12.8 Å². The predicted octanol–water partition coefficient (Wildman–Crippen LogP) is -0.628. The van der Waals surface area contributed by atoms with Crippen molar-refractivity contribution < 1.29 is 28.2 Å². The first-order chi connectivity index (χ1) is 6.02. The predicted molar refractivity (Wildman–Crippen MR) is 40.3 cm³/mol. The molecule has 7 nitrogen and oxygen atoms in total. The first kappa shape index (κ1) is 11.8. The van der Waals surface area contributed by atoms with Crippen LogP contribution in [-0.4, -0.2) is 32.5 Å². The molecule has 1 unspecified atom stereocenters. The second-order valence-corrected chi connectivity index (χ2v) is 2.64. The van der Waals surface area contributed by atoms with Gasteiger partial charge in [0, 0.05) is 17.7 Å². The fraction of sp³-hybridized carbons (Fsp3) is 0.600. The van der Waals surface area contributed by atoms with Crippen molar-refractivity contribution in [3.63, 3.8) is 0 Å². The van der Waals surface area contributed by atoms with Crippen LogP contribution in [0.5, 0.6) is 0 Å². The van der Waals surface area contributed by atoms with Crippen molar-refractivity contribution in [2.24, 2.45) is 0 Å². The third kappa shape index (κ3) is 8.76. The number of carbonyl (C=O) groups is 2. The van der Waals surface area contributed by atoms with E-state index >= 15 is 0 Å². The van der Waals surface area contributed by atoms with Crippen molar-refractivity contribution in [1.82, 2.24) is 4.72 Å². The van der Waals surface area contributed by atoms with E-state index in [1.165, 1.54) is 4.72 Å². The Balaban J connectivity index is 3.37. The molecular formula is C5H8NO6S-. The van der Waals surface area contributed by atoms with Crippen LogP contribution >= 0.6 is 0 Å². The summed E-state index contributed by atoms with van der Waals surface area (Å²) in [5.74, 6) is -1.00. The maximum Gasteiger partial charge on any atom is 0.418 e. The lowest BCUT2D eigenvalue weighted by Crippen LogP contribution is -2.26. The molecule has 0 saturated carbocycles. The zero-order valence-electron chi connectivity index (χ0n) is 6.52. The van der Waals surface area contributed by atoms with E-state index in [2.05, 4.69) is 4.74 Å². The Kier molecular flexibility index (Phi) is 5.81.